The zero-order valence-electron chi connectivity index (χ0n) is 11.7. The minimum Gasteiger partial charge on any atom is -0.507 e. The summed E-state index contributed by atoms with van der Waals surface area (Å²) in [7, 11) is 0. The third-order valence-corrected chi connectivity index (χ3v) is 3.11. The van der Waals surface area contributed by atoms with Crippen LogP contribution >= 0.6 is 0 Å². The Labute approximate surface area is 108 Å². The summed E-state index contributed by atoms with van der Waals surface area (Å²) in [4.78, 5) is 12.0. The van der Waals surface area contributed by atoms with Crippen LogP contribution in [0.15, 0.2) is 12.1 Å². The first kappa shape index (κ1) is 14.5. The second-order valence-corrected chi connectivity index (χ2v) is 5.74. The Hall–Kier alpha value is -1.55. The lowest BCUT2D eigenvalue weighted by atomic mass is 9.87. The van der Waals surface area contributed by atoms with Crippen LogP contribution in [0.2, 0.25) is 0 Å². The molecule has 4 nitrogen and oxygen atoms in total. The molecule has 0 spiro atoms. The van der Waals surface area contributed by atoms with Gasteiger partial charge >= 0.3 is 0 Å². The van der Waals surface area contributed by atoms with E-state index in [4.69, 9.17) is 5.73 Å². The van der Waals surface area contributed by atoms with Crippen molar-refractivity contribution in [1.29, 1.82) is 0 Å². The Bertz CT molecular complexity index is 462. The van der Waals surface area contributed by atoms with E-state index >= 15 is 0 Å². The molecule has 1 amide bonds. The zero-order valence-corrected chi connectivity index (χ0v) is 11.7. The highest BCUT2D eigenvalue weighted by atomic mass is 16.3. The van der Waals surface area contributed by atoms with Crippen LogP contribution in [-0.2, 0) is 4.79 Å². The van der Waals surface area contributed by atoms with E-state index in [1.165, 1.54) is 0 Å². The largest absolute Gasteiger partial charge is 0.507 e. The predicted octanol–water partition coefficient (Wildman–Crippen LogP) is 2.32. The SMILES string of the molecule is Cc1ccc(NC(=O)[C@H](N)C(C)(C)C)c(C)c1O. The third kappa shape index (κ3) is 3.01. The molecule has 4 N–H and O–H groups in total. The predicted molar refractivity (Wildman–Crippen MR) is 73.6 cm³/mol. The lowest BCUT2D eigenvalue weighted by molar-refractivity contribution is -0.119. The first-order chi connectivity index (χ1) is 8.14. The van der Waals surface area contributed by atoms with Crippen LogP contribution < -0.4 is 11.1 Å². The molecule has 1 aromatic carbocycles. The van der Waals surface area contributed by atoms with Crippen molar-refractivity contribution in [3.63, 3.8) is 0 Å². The molecule has 0 aliphatic heterocycles. The van der Waals surface area contributed by atoms with Crippen LogP contribution in [0, 0.1) is 19.3 Å². The number of anilines is 1. The maximum Gasteiger partial charge on any atom is 0.241 e. The van der Waals surface area contributed by atoms with Gasteiger partial charge in [-0.3, -0.25) is 4.79 Å². The van der Waals surface area contributed by atoms with Gasteiger partial charge in [-0.2, -0.15) is 0 Å². The van der Waals surface area contributed by atoms with Gasteiger partial charge in [0.05, 0.1) is 6.04 Å². The van der Waals surface area contributed by atoms with Crippen molar-refractivity contribution >= 4 is 11.6 Å². The summed E-state index contributed by atoms with van der Waals surface area (Å²) < 4.78 is 0. The molecular formula is C14H22N2O2. The van der Waals surface area contributed by atoms with Crippen molar-refractivity contribution < 1.29 is 9.90 Å². The van der Waals surface area contributed by atoms with Gasteiger partial charge in [-0.1, -0.05) is 26.8 Å². The van der Waals surface area contributed by atoms with E-state index in [0.717, 1.165) is 5.56 Å². The molecule has 0 unspecified atom stereocenters. The monoisotopic (exact) mass is 250 g/mol. The molecule has 18 heavy (non-hydrogen) atoms. The molecule has 4 heteroatoms. The van der Waals surface area contributed by atoms with Gasteiger partial charge in [-0.25, -0.2) is 0 Å². The normalized spacial score (nSPS) is 13.2. The smallest absolute Gasteiger partial charge is 0.241 e. The van der Waals surface area contributed by atoms with Crippen molar-refractivity contribution in [3.05, 3.63) is 23.3 Å². The topological polar surface area (TPSA) is 75.4 Å². The first-order valence-corrected chi connectivity index (χ1v) is 6.00. The van der Waals surface area contributed by atoms with Crippen molar-refractivity contribution in [2.24, 2.45) is 11.1 Å². The Balaban J connectivity index is 2.93. The summed E-state index contributed by atoms with van der Waals surface area (Å²) in [5, 5.41) is 12.6. The van der Waals surface area contributed by atoms with Gasteiger partial charge in [0.15, 0.2) is 0 Å². The summed E-state index contributed by atoms with van der Waals surface area (Å²) >= 11 is 0. The minimum absolute atomic E-state index is 0.206. The third-order valence-electron chi connectivity index (χ3n) is 3.11. The molecule has 0 saturated carbocycles. The van der Waals surface area contributed by atoms with E-state index in [0.29, 0.717) is 11.3 Å². The number of hydrogen-bond donors (Lipinski definition) is 3. The summed E-state index contributed by atoms with van der Waals surface area (Å²) in [6, 6.07) is 2.94. The van der Waals surface area contributed by atoms with Crippen LogP contribution in [0.25, 0.3) is 0 Å². The number of benzene rings is 1. The second-order valence-electron chi connectivity index (χ2n) is 5.74. The van der Waals surface area contributed by atoms with Gasteiger partial charge in [0, 0.05) is 11.3 Å². The Morgan fingerprint density at radius 2 is 1.89 bits per heavy atom. The van der Waals surface area contributed by atoms with E-state index in [9.17, 15) is 9.90 Å². The van der Waals surface area contributed by atoms with Gasteiger partial charge in [0.1, 0.15) is 5.75 Å². The van der Waals surface area contributed by atoms with Crippen molar-refractivity contribution in [3.8, 4) is 5.75 Å². The lowest BCUT2D eigenvalue weighted by Gasteiger charge is -2.26. The average Bonchev–Trinajstić information content (AvgIpc) is 2.27. The van der Waals surface area contributed by atoms with Crippen LogP contribution in [0.1, 0.15) is 31.9 Å². The number of aromatic hydroxyl groups is 1. The number of carbonyl (C=O) groups is 1. The van der Waals surface area contributed by atoms with E-state index in [-0.39, 0.29) is 17.1 Å². The molecular weight excluding hydrogens is 228 g/mol. The Morgan fingerprint density at radius 1 is 1.33 bits per heavy atom. The number of aryl methyl sites for hydroxylation is 1. The molecule has 0 aromatic heterocycles. The molecule has 0 fully saturated rings. The first-order valence-electron chi connectivity index (χ1n) is 6.00. The number of phenols is 1. The fraction of sp³-hybridized carbons (Fsp3) is 0.500. The number of carbonyl (C=O) groups excluding carboxylic acids is 1. The lowest BCUT2D eigenvalue weighted by Crippen LogP contribution is -2.45. The fourth-order valence-electron chi connectivity index (χ4n) is 1.57. The van der Waals surface area contributed by atoms with E-state index in [1.807, 2.05) is 27.7 Å². The van der Waals surface area contributed by atoms with Gasteiger partial charge in [0.2, 0.25) is 5.91 Å². The van der Waals surface area contributed by atoms with Gasteiger partial charge in [0.25, 0.3) is 0 Å². The minimum atomic E-state index is -0.597. The number of hydrogen-bond acceptors (Lipinski definition) is 3. The summed E-state index contributed by atoms with van der Waals surface area (Å²) in [6.45, 7) is 9.32. The fourth-order valence-corrected chi connectivity index (χ4v) is 1.57. The maximum atomic E-state index is 12.0. The standard InChI is InChI=1S/C14H22N2O2/c1-8-6-7-10(9(2)11(8)17)16-13(18)12(15)14(3,4)5/h6-7,12,17H,15H2,1-5H3,(H,16,18)/t12-/m0/s1. The molecule has 1 rings (SSSR count). The highest BCUT2D eigenvalue weighted by Gasteiger charge is 2.27. The molecule has 0 bridgehead atoms. The molecule has 1 aromatic rings. The molecule has 0 aliphatic carbocycles. The number of nitrogens with two attached hydrogens (primary N) is 1. The highest BCUT2D eigenvalue weighted by molar-refractivity contribution is 5.96. The Kier molecular flexibility index (Phi) is 4.02. The van der Waals surface area contributed by atoms with E-state index < -0.39 is 6.04 Å². The van der Waals surface area contributed by atoms with Crippen LogP contribution in [0.5, 0.6) is 5.75 Å². The number of rotatable bonds is 2. The van der Waals surface area contributed by atoms with E-state index in [2.05, 4.69) is 5.32 Å². The van der Waals surface area contributed by atoms with Crippen LogP contribution in [-0.4, -0.2) is 17.1 Å². The molecule has 1 atom stereocenters. The molecule has 100 valence electrons. The second kappa shape index (κ2) is 4.98. The highest BCUT2D eigenvalue weighted by Crippen LogP contribution is 2.28. The van der Waals surface area contributed by atoms with Crippen LogP contribution in [0.4, 0.5) is 5.69 Å². The number of phenolic OH excluding ortho intramolecular Hbond substituents is 1. The summed E-state index contributed by atoms with van der Waals surface area (Å²) in [5.74, 6) is -0.0361. The number of nitrogens with one attached hydrogen (secondary N) is 1. The zero-order chi connectivity index (χ0) is 14.1. The van der Waals surface area contributed by atoms with E-state index in [1.54, 1.807) is 19.1 Å². The molecule has 0 aliphatic rings. The van der Waals surface area contributed by atoms with Crippen molar-refractivity contribution in [2.45, 2.75) is 40.7 Å². The van der Waals surface area contributed by atoms with Gasteiger partial charge in [-0.15, -0.1) is 0 Å². The molecule has 0 heterocycles. The summed E-state index contributed by atoms with van der Waals surface area (Å²) in [5.41, 5.74) is 7.62. The number of amides is 1. The molecule has 0 radical (unpaired) electrons. The molecule has 0 saturated heterocycles. The van der Waals surface area contributed by atoms with Crippen LogP contribution in [0.3, 0.4) is 0 Å². The van der Waals surface area contributed by atoms with Gasteiger partial charge in [-0.05, 0) is 30.9 Å². The Morgan fingerprint density at radius 3 is 2.39 bits per heavy atom. The van der Waals surface area contributed by atoms with Gasteiger partial charge < -0.3 is 16.2 Å². The quantitative estimate of drug-likeness (QED) is 0.754. The average molecular weight is 250 g/mol. The van der Waals surface area contributed by atoms with Crippen molar-refractivity contribution in [2.75, 3.05) is 5.32 Å². The summed E-state index contributed by atoms with van der Waals surface area (Å²) in [6.07, 6.45) is 0. The van der Waals surface area contributed by atoms with Crippen molar-refractivity contribution in [1.82, 2.24) is 0 Å². The maximum absolute atomic E-state index is 12.0.